The van der Waals surface area contributed by atoms with Gasteiger partial charge in [-0.1, -0.05) is 6.58 Å². The highest BCUT2D eigenvalue weighted by Crippen LogP contribution is 2.10. The number of hydrogen-bond donors (Lipinski definition) is 2. The Morgan fingerprint density at radius 1 is 1.40 bits per heavy atom. The van der Waals surface area contributed by atoms with Crippen molar-refractivity contribution in [3.63, 3.8) is 0 Å². The number of amides is 3. The fourth-order valence-electron chi connectivity index (χ4n) is 1.63. The zero-order valence-electron chi connectivity index (χ0n) is 8.95. The lowest BCUT2D eigenvalue weighted by atomic mass is 10.1. The number of likely N-dealkylation sites (tertiary alicyclic amines) is 1. The number of hydrogen-bond acceptors (Lipinski definition) is 2. The topological polar surface area (TPSA) is 61.4 Å². The van der Waals surface area contributed by atoms with Crippen molar-refractivity contribution in [1.29, 1.82) is 0 Å². The molecule has 84 valence electrons. The summed E-state index contributed by atoms with van der Waals surface area (Å²) < 4.78 is 0. The van der Waals surface area contributed by atoms with Crippen molar-refractivity contribution in [1.82, 2.24) is 15.5 Å². The molecule has 1 fully saturated rings. The maximum atomic E-state index is 11.3. The Balaban J connectivity index is 2.32. The van der Waals surface area contributed by atoms with Crippen LogP contribution in [0.3, 0.4) is 0 Å². The smallest absolute Gasteiger partial charge is 0.314 e. The first-order chi connectivity index (χ1) is 7.17. The van der Waals surface area contributed by atoms with E-state index in [1.165, 1.54) is 6.08 Å². The monoisotopic (exact) mass is 211 g/mol. The van der Waals surface area contributed by atoms with Crippen LogP contribution in [0.15, 0.2) is 12.7 Å². The average molecular weight is 211 g/mol. The van der Waals surface area contributed by atoms with Gasteiger partial charge in [-0.05, 0) is 18.9 Å². The van der Waals surface area contributed by atoms with E-state index < -0.39 is 0 Å². The van der Waals surface area contributed by atoms with Gasteiger partial charge in [0.05, 0.1) is 0 Å². The number of carbonyl (C=O) groups excluding carboxylic acids is 2. The molecule has 0 aromatic carbocycles. The molecule has 0 aromatic heterocycles. The van der Waals surface area contributed by atoms with Crippen molar-refractivity contribution in [2.24, 2.45) is 0 Å². The molecule has 1 heterocycles. The van der Waals surface area contributed by atoms with Crippen LogP contribution < -0.4 is 10.6 Å². The zero-order chi connectivity index (χ0) is 11.3. The van der Waals surface area contributed by atoms with Gasteiger partial charge in [-0.25, -0.2) is 4.79 Å². The van der Waals surface area contributed by atoms with Crippen LogP contribution in [0.25, 0.3) is 0 Å². The molecule has 1 rings (SSSR count). The molecule has 0 atom stereocenters. The van der Waals surface area contributed by atoms with Gasteiger partial charge in [0.15, 0.2) is 0 Å². The second kappa shape index (κ2) is 5.38. The number of carbonyl (C=O) groups is 2. The lowest BCUT2D eigenvalue weighted by Crippen LogP contribution is -2.48. The Morgan fingerprint density at radius 3 is 2.47 bits per heavy atom. The average Bonchev–Trinajstić information content (AvgIpc) is 2.29. The fraction of sp³-hybridized carbons (Fsp3) is 0.600. The van der Waals surface area contributed by atoms with Gasteiger partial charge in [0, 0.05) is 26.2 Å². The van der Waals surface area contributed by atoms with Crippen molar-refractivity contribution < 1.29 is 9.59 Å². The van der Waals surface area contributed by atoms with E-state index in [-0.39, 0.29) is 18.0 Å². The van der Waals surface area contributed by atoms with Crippen LogP contribution in [0.5, 0.6) is 0 Å². The maximum absolute atomic E-state index is 11.3. The summed E-state index contributed by atoms with van der Waals surface area (Å²) in [6.07, 6.45) is 2.92. The van der Waals surface area contributed by atoms with Gasteiger partial charge in [0.2, 0.25) is 5.91 Å². The molecule has 1 aliphatic heterocycles. The lowest BCUT2D eigenvalue weighted by Gasteiger charge is -2.31. The Morgan fingerprint density at radius 2 is 2.00 bits per heavy atom. The number of rotatable bonds is 2. The van der Waals surface area contributed by atoms with Gasteiger partial charge in [0.25, 0.3) is 0 Å². The zero-order valence-corrected chi connectivity index (χ0v) is 8.95. The van der Waals surface area contributed by atoms with Gasteiger partial charge >= 0.3 is 6.03 Å². The molecule has 1 saturated heterocycles. The fourth-order valence-corrected chi connectivity index (χ4v) is 1.63. The van der Waals surface area contributed by atoms with Crippen LogP contribution in [0.1, 0.15) is 12.8 Å². The molecule has 1 aliphatic rings. The molecular formula is C10H17N3O2. The predicted molar refractivity (Wildman–Crippen MR) is 57.4 cm³/mol. The van der Waals surface area contributed by atoms with E-state index in [1.54, 1.807) is 11.9 Å². The highest BCUT2D eigenvalue weighted by Gasteiger charge is 2.21. The summed E-state index contributed by atoms with van der Waals surface area (Å²) in [6.45, 7) is 4.81. The molecule has 0 radical (unpaired) electrons. The standard InChI is InChI=1S/C10H17N3O2/c1-3-9(14)13-6-4-8(5-7-13)12-10(15)11-2/h3,8H,1,4-7H2,2H3,(H2,11,12,15). The highest BCUT2D eigenvalue weighted by molar-refractivity contribution is 5.87. The Bertz CT molecular complexity index is 257. The Hall–Kier alpha value is -1.52. The lowest BCUT2D eigenvalue weighted by molar-refractivity contribution is -0.127. The molecule has 0 saturated carbocycles. The predicted octanol–water partition coefficient (Wildman–Crippen LogP) is 0.0924. The van der Waals surface area contributed by atoms with Crippen LogP contribution >= 0.6 is 0 Å². The molecule has 0 unspecified atom stereocenters. The first kappa shape index (κ1) is 11.6. The summed E-state index contributed by atoms with van der Waals surface area (Å²) >= 11 is 0. The molecule has 0 spiro atoms. The largest absolute Gasteiger partial charge is 0.341 e. The normalized spacial score (nSPS) is 17.0. The third-order valence-electron chi connectivity index (χ3n) is 2.54. The molecule has 0 aromatic rings. The van der Waals surface area contributed by atoms with E-state index in [1.807, 2.05) is 0 Å². The molecular weight excluding hydrogens is 194 g/mol. The summed E-state index contributed by atoms with van der Waals surface area (Å²) in [4.78, 5) is 24.0. The van der Waals surface area contributed by atoms with E-state index in [9.17, 15) is 9.59 Å². The quantitative estimate of drug-likeness (QED) is 0.636. The summed E-state index contributed by atoms with van der Waals surface area (Å²) in [5.74, 6) is -0.0339. The van der Waals surface area contributed by atoms with E-state index in [2.05, 4.69) is 17.2 Å². The molecule has 2 N–H and O–H groups in total. The first-order valence-electron chi connectivity index (χ1n) is 5.07. The van der Waals surface area contributed by atoms with E-state index >= 15 is 0 Å². The minimum absolute atomic E-state index is 0.0339. The maximum Gasteiger partial charge on any atom is 0.314 e. The van der Waals surface area contributed by atoms with Crippen molar-refractivity contribution in [3.8, 4) is 0 Å². The van der Waals surface area contributed by atoms with Gasteiger partial charge in [-0.3, -0.25) is 4.79 Å². The third-order valence-corrected chi connectivity index (χ3v) is 2.54. The number of nitrogens with zero attached hydrogens (tertiary/aromatic N) is 1. The van der Waals surface area contributed by atoms with Gasteiger partial charge in [0.1, 0.15) is 0 Å². The molecule has 3 amide bonds. The van der Waals surface area contributed by atoms with Crippen LogP contribution in [-0.2, 0) is 4.79 Å². The summed E-state index contributed by atoms with van der Waals surface area (Å²) in [6, 6.07) is 0.00214. The van der Waals surface area contributed by atoms with Crippen molar-refractivity contribution in [2.75, 3.05) is 20.1 Å². The van der Waals surface area contributed by atoms with Crippen LogP contribution in [-0.4, -0.2) is 43.0 Å². The summed E-state index contributed by atoms with van der Waals surface area (Å²) in [5, 5.41) is 5.34. The van der Waals surface area contributed by atoms with E-state index in [0.29, 0.717) is 13.1 Å². The minimum Gasteiger partial charge on any atom is -0.341 e. The van der Waals surface area contributed by atoms with Crippen LogP contribution in [0.4, 0.5) is 4.79 Å². The van der Waals surface area contributed by atoms with Gasteiger partial charge in [-0.15, -0.1) is 0 Å². The molecule has 15 heavy (non-hydrogen) atoms. The first-order valence-corrected chi connectivity index (χ1v) is 5.07. The SMILES string of the molecule is C=CC(=O)N1CCC(NC(=O)NC)CC1. The second-order valence-electron chi connectivity index (χ2n) is 3.53. The Kier molecular flexibility index (Phi) is 4.15. The van der Waals surface area contributed by atoms with Crippen molar-refractivity contribution in [2.45, 2.75) is 18.9 Å². The Labute approximate surface area is 89.5 Å². The van der Waals surface area contributed by atoms with Crippen molar-refractivity contribution in [3.05, 3.63) is 12.7 Å². The molecule has 0 bridgehead atoms. The van der Waals surface area contributed by atoms with Crippen molar-refractivity contribution >= 4 is 11.9 Å². The molecule has 5 heteroatoms. The summed E-state index contributed by atoms with van der Waals surface area (Å²) in [7, 11) is 1.59. The highest BCUT2D eigenvalue weighted by atomic mass is 16.2. The number of piperidine rings is 1. The third kappa shape index (κ3) is 3.27. The molecule has 5 nitrogen and oxygen atoms in total. The number of urea groups is 1. The van der Waals surface area contributed by atoms with Crippen LogP contribution in [0, 0.1) is 0 Å². The molecule has 0 aliphatic carbocycles. The van der Waals surface area contributed by atoms with E-state index in [4.69, 9.17) is 0 Å². The van der Waals surface area contributed by atoms with Crippen LogP contribution in [0.2, 0.25) is 0 Å². The van der Waals surface area contributed by atoms with Gasteiger partial charge in [-0.2, -0.15) is 0 Å². The number of nitrogens with one attached hydrogen (secondary N) is 2. The van der Waals surface area contributed by atoms with E-state index in [0.717, 1.165) is 12.8 Å². The summed E-state index contributed by atoms with van der Waals surface area (Å²) in [5.41, 5.74) is 0. The van der Waals surface area contributed by atoms with Gasteiger partial charge < -0.3 is 15.5 Å². The minimum atomic E-state index is -0.163. The second-order valence-corrected chi connectivity index (χ2v) is 3.53.